The summed E-state index contributed by atoms with van der Waals surface area (Å²) >= 11 is 1.79. The summed E-state index contributed by atoms with van der Waals surface area (Å²) in [7, 11) is 3.98. The summed E-state index contributed by atoms with van der Waals surface area (Å²) in [6.07, 6.45) is 3.64. The van der Waals surface area contributed by atoms with E-state index in [1.54, 1.807) is 18.0 Å². The number of aromatic nitrogens is 2. The first-order valence-corrected chi connectivity index (χ1v) is 7.52. The van der Waals surface area contributed by atoms with E-state index in [1.165, 1.54) is 0 Å². The zero-order valence-electron chi connectivity index (χ0n) is 11.9. The maximum atomic E-state index is 8.66. The van der Waals surface area contributed by atoms with Gasteiger partial charge in [-0.1, -0.05) is 0 Å². The van der Waals surface area contributed by atoms with Crippen LogP contribution < -0.4 is 10.6 Å². The van der Waals surface area contributed by atoms with Crippen LogP contribution in [0.25, 0.3) is 0 Å². The predicted octanol–water partition coefficient (Wildman–Crippen LogP) is 0.221. The van der Waals surface area contributed by atoms with Gasteiger partial charge < -0.3 is 10.2 Å². The monoisotopic (exact) mass is 295 g/mol. The van der Waals surface area contributed by atoms with E-state index >= 15 is 0 Å². The molecule has 0 aliphatic rings. The van der Waals surface area contributed by atoms with Crippen LogP contribution in [0.4, 0.5) is 0 Å². The van der Waals surface area contributed by atoms with Crippen molar-refractivity contribution in [3.63, 3.8) is 0 Å². The molecule has 1 rings (SSSR count). The highest BCUT2D eigenvalue weighted by Crippen LogP contribution is 2.07. The summed E-state index contributed by atoms with van der Waals surface area (Å²) in [5.74, 6) is 2.37. The first-order chi connectivity index (χ1) is 9.72. The topological polar surface area (TPSA) is 92.1 Å². The third-order valence-corrected chi connectivity index (χ3v) is 3.35. The third-order valence-electron chi connectivity index (χ3n) is 2.35. The fourth-order valence-corrected chi connectivity index (χ4v) is 2.11. The van der Waals surface area contributed by atoms with Crippen LogP contribution in [0.1, 0.15) is 5.69 Å². The molecule has 1 heterocycles. The molecule has 0 unspecified atom stereocenters. The largest absolute Gasteiger partial charge is 0.355 e. The Bertz CT molecular complexity index is 422. The molecule has 0 spiro atoms. The lowest BCUT2D eigenvalue weighted by atomic mass is 10.5. The molecule has 0 aliphatic heterocycles. The van der Waals surface area contributed by atoms with Crippen molar-refractivity contribution in [1.82, 2.24) is 25.7 Å². The Hall–Kier alpha value is -1.72. The van der Waals surface area contributed by atoms with Gasteiger partial charge in [-0.25, -0.2) is 0 Å². The van der Waals surface area contributed by atoms with Crippen LogP contribution in [-0.4, -0.2) is 60.5 Å². The molecule has 0 atom stereocenters. The number of nitrogens with one attached hydrogen (secondary N) is 3. The molecule has 0 aliphatic carbocycles. The summed E-state index contributed by atoms with van der Waals surface area (Å²) in [4.78, 5) is 6.36. The quantitative estimate of drug-likeness (QED) is 0.209. The minimum Gasteiger partial charge on any atom is -0.355 e. The second-order valence-electron chi connectivity index (χ2n) is 4.33. The van der Waals surface area contributed by atoms with E-state index in [1.807, 2.05) is 31.3 Å². The Kier molecular flexibility index (Phi) is 8.26. The Morgan fingerprint density at radius 1 is 1.60 bits per heavy atom. The van der Waals surface area contributed by atoms with Crippen LogP contribution in [0.5, 0.6) is 0 Å². The van der Waals surface area contributed by atoms with Crippen molar-refractivity contribution in [2.24, 2.45) is 4.99 Å². The number of aromatic amines is 1. The molecule has 0 bridgehead atoms. The standard InChI is InChI=1S/C12H21N7S/c1-19(2)7-5-14-12(16-10-13)15-6-8-20-9-11-3-4-17-18-11/h3-4H,5-9H2,1-2H3,(H,17,18)(H2,14,15,16). The van der Waals surface area contributed by atoms with Crippen molar-refractivity contribution in [3.05, 3.63) is 18.0 Å². The molecule has 20 heavy (non-hydrogen) atoms. The number of hydrogen-bond acceptors (Lipinski definition) is 5. The van der Waals surface area contributed by atoms with E-state index in [-0.39, 0.29) is 0 Å². The fraction of sp³-hybridized carbons (Fsp3) is 0.583. The van der Waals surface area contributed by atoms with Crippen LogP contribution in [0.3, 0.4) is 0 Å². The average Bonchev–Trinajstić information content (AvgIpc) is 2.91. The second-order valence-corrected chi connectivity index (χ2v) is 5.44. The van der Waals surface area contributed by atoms with Gasteiger partial charge in [-0.3, -0.25) is 15.4 Å². The van der Waals surface area contributed by atoms with Gasteiger partial charge in [-0.2, -0.15) is 22.1 Å². The van der Waals surface area contributed by atoms with Crippen LogP contribution >= 0.6 is 11.8 Å². The minimum absolute atomic E-state index is 0.538. The summed E-state index contributed by atoms with van der Waals surface area (Å²) in [6.45, 7) is 2.27. The Labute approximate surface area is 123 Å². The number of H-pyrrole nitrogens is 1. The van der Waals surface area contributed by atoms with Crippen molar-refractivity contribution in [1.29, 1.82) is 5.26 Å². The van der Waals surface area contributed by atoms with E-state index in [2.05, 4.69) is 25.8 Å². The number of thioether (sulfide) groups is 1. The summed E-state index contributed by atoms with van der Waals surface area (Å²) in [5.41, 5.74) is 1.12. The van der Waals surface area contributed by atoms with Gasteiger partial charge in [-0.05, 0) is 20.2 Å². The lowest BCUT2D eigenvalue weighted by Crippen LogP contribution is -2.36. The van der Waals surface area contributed by atoms with Gasteiger partial charge in [0.15, 0.2) is 6.19 Å². The molecule has 0 amide bonds. The smallest absolute Gasteiger partial charge is 0.204 e. The molecule has 0 radical (unpaired) electrons. The van der Waals surface area contributed by atoms with E-state index in [9.17, 15) is 0 Å². The van der Waals surface area contributed by atoms with E-state index < -0.39 is 0 Å². The normalized spacial score (nSPS) is 11.4. The van der Waals surface area contributed by atoms with Crippen LogP contribution in [0, 0.1) is 11.5 Å². The molecule has 1 aromatic rings. The second kappa shape index (κ2) is 10.1. The molecule has 1 aromatic heterocycles. The SMILES string of the molecule is CN(C)CCN=C(NC#N)NCCSCc1ccn[nH]1. The number of aliphatic imine (C=N–C) groups is 1. The lowest BCUT2D eigenvalue weighted by Gasteiger charge is -2.09. The van der Waals surface area contributed by atoms with Gasteiger partial charge in [0.1, 0.15) is 0 Å². The maximum absolute atomic E-state index is 8.66. The van der Waals surface area contributed by atoms with Crippen molar-refractivity contribution in [2.75, 3.05) is 39.5 Å². The number of likely N-dealkylation sites (N-methyl/N-ethyl adjacent to an activating group) is 1. The fourth-order valence-electron chi connectivity index (χ4n) is 1.34. The van der Waals surface area contributed by atoms with Crippen molar-refractivity contribution >= 4 is 17.7 Å². The minimum atomic E-state index is 0.538. The number of guanidine groups is 1. The molecule has 0 fully saturated rings. The summed E-state index contributed by atoms with van der Waals surface area (Å²) in [6, 6.07) is 1.96. The highest BCUT2D eigenvalue weighted by molar-refractivity contribution is 7.98. The number of hydrogen-bond donors (Lipinski definition) is 3. The molecule has 7 nitrogen and oxygen atoms in total. The zero-order valence-corrected chi connectivity index (χ0v) is 12.7. The summed E-state index contributed by atoms with van der Waals surface area (Å²) in [5, 5.41) is 21.2. The van der Waals surface area contributed by atoms with E-state index in [4.69, 9.17) is 5.26 Å². The van der Waals surface area contributed by atoms with Crippen molar-refractivity contribution < 1.29 is 0 Å². The van der Waals surface area contributed by atoms with E-state index in [0.29, 0.717) is 12.5 Å². The average molecular weight is 295 g/mol. The Morgan fingerprint density at radius 2 is 2.45 bits per heavy atom. The Balaban J connectivity index is 2.16. The lowest BCUT2D eigenvalue weighted by molar-refractivity contribution is 0.420. The highest BCUT2D eigenvalue weighted by atomic mass is 32.2. The van der Waals surface area contributed by atoms with Gasteiger partial charge >= 0.3 is 0 Å². The predicted molar refractivity (Wildman–Crippen MR) is 82.4 cm³/mol. The zero-order chi connectivity index (χ0) is 14.6. The summed E-state index contributed by atoms with van der Waals surface area (Å²) < 4.78 is 0. The van der Waals surface area contributed by atoms with Gasteiger partial charge in [0.2, 0.25) is 5.96 Å². The molecule has 110 valence electrons. The first kappa shape index (κ1) is 16.3. The molecule has 3 N–H and O–H groups in total. The first-order valence-electron chi connectivity index (χ1n) is 6.36. The van der Waals surface area contributed by atoms with Gasteiger partial charge in [0.25, 0.3) is 0 Å². The number of nitriles is 1. The Morgan fingerprint density at radius 3 is 3.10 bits per heavy atom. The van der Waals surface area contributed by atoms with Gasteiger partial charge in [0, 0.05) is 36.5 Å². The van der Waals surface area contributed by atoms with Crippen molar-refractivity contribution in [2.45, 2.75) is 5.75 Å². The molecular weight excluding hydrogens is 274 g/mol. The third kappa shape index (κ3) is 7.66. The molecular formula is C12H21N7S. The molecule has 8 heteroatoms. The van der Waals surface area contributed by atoms with Gasteiger partial charge in [0.05, 0.1) is 6.54 Å². The van der Waals surface area contributed by atoms with Crippen LogP contribution in [-0.2, 0) is 5.75 Å². The van der Waals surface area contributed by atoms with Crippen molar-refractivity contribution in [3.8, 4) is 6.19 Å². The van der Waals surface area contributed by atoms with E-state index in [0.717, 1.165) is 30.3 Å². The maximum Gasteiger partial charge on any atom is 0.204 e. The molecule has 0 saturated heterocycles. The number of nitrogens with zero attached hydrogens (tertiary/aromatic N) is 4. The highest BCUT2D eigenvalue weighted by Gasteiger charge is 1.98. The van der Waals surface area contributed by atoms with Gasteiger partial charge in [-0.15, -0.1) is 0 Å². The van der Waals surface area contributed by atoms with Crippen LogP contribution in [0.2, 0.25) is 0 Å². The molecule has 0 saturated carbocycles. The molecule has 0 aromatic carbocycles. The van der Waals surface area contributed by atoms with Crippen LogP contribution in [0.15, 0.2) is 17.3 Å². The number of rotatable bonds is 8.